The van der Waals surface area contributed by atoms with Gasteiger partial charge in [0.15, 0.2) is 0 Å². The van der Waals surface area contributed by atoms with E-state index >= 15 is 0 Å². The van der Waals surface area contributed by atoms with E-state index in [1.807, 2.05) is 45.0 Å². The van der Waals surface area contributed by atoms with Crippen molar-refractivity contribution < 1.29 is 4.79 Å². The van der Waals surface area contributed by atoms with Crippen LogP contribution in [0.15, 0.2) is 36.4 Å². The van der Waals surface area contributed by atoms with Gasteiger partial charge in [0.25, 0.3) is 5.91 Å². The van der Waals surface area contributed by atoms with Crippen LogP contribution in [0.5, 0.6) is 0 Å². The third-order valence-electron chi connectivity index (χ3n) is 3.15. The second-order valence-corrected chi connectivity index (χ2v) is 4.85. The van der Waals surface area contributed by atoms with Crippen LogP contribution < -0.4 is 11.1 Å². The normalized spacial score (nSPS) is 10.3. The lowest BCUT2D eigenvalue weighted by atomic mass is 10.1. The average Bonchev–Trinajstić information content (AvgIpc) is 2.36. The molecule has 0 spiro atoms. The van der Waals surface area contributed by atoms with Crippen LogP contribution in [0.1, 0.15) is 27.0 Å². The molecule has 0 radical (unpaired) electrons. The van der Waals surface area contributed by atoms with Gasteiger partial charge in [-0.05, 0) is 55.7 Å². The summed E-state index contributed by atoms with van der Waals surface area (Å²) in [5.74, 6) is -0.126. The molecular weight excluding hydrogens is 236 g/mol. The maximum Gasteiger partial charge on any atom is 0.256 e. The lowest BCUT2D eigenvalue weighted by Gasteiger charge is -2.11. The average molecular weight is 254 g/mol. The topological polar surface area (TPSA) is 55.1 Å². The summed E-state index contributed by atoms with van der Waals surface area (Å²) in [5.41, 5.74) is 10.9. The van der Waals surface area contributed by atoms with Gasteiger partial charge < -0.3 is 11.1 Å². The third-order valence-corrected chi connectivity index (χ3v) is 3.15. The maximum absolute atomic E-state index is 12.3. The van der Waals surface area contributed by atoms with Gasteiger partial charge in [0.2, 0.25) is 0 Å². The number of amides is 1. The molecule has 0 atom stereocenters. The highest BCUT2D eigenvalue weighted by Gasteiger charge is 2.11. The highest BCUT2D eigenvalue weighted by atomic mass is 16.1. The van der Waals surface area contributed by atoms with Crippen LogP contribution >= 0.6 is 0 Å². The molecule has 0 aliphatic rings. The molecule has 2 rings (SSSR count). The molecule has 2 aromatic rings. The highest BCUT2D eigenvalue weighted by Crippen LogP contribution is 2.19. The first-order valence-electron chi connectivity index (χ1n) is 6.22. The number of nitrogens with one attached hydrogen (secondary N) is 1. The molecule has 0 saturated heterocycles. The van der Waals surface area contributed by atoms with Crippen LogP contribution in [0.3, 0.4) is 0 Å². The Morgan fingerprint density at radius 1 is 1.00 bits per heavy atom. The number of hydrogen-bond donors (Lipinski definition) is 2. The molecular formula is C16H18N2O. The quantitative estimate of drug-likeness (QED) is 0.806. The van der Waals surface area contributed by atoms with Crippen molar-refractivity contribution in [2.24, 2.45) is 0 Å². The van der Waals surface area contributed by atoms with Gasteiger partial charge in [0.05, 0.1) is 0 Å². The predicted octanol–water partition coefficient (Wildman–Crippen LogP) is 3.45. The summed E-state index contributed by atoms with van der Waals surface area (Å²) in [5, 5.41) is 2.94. The molecule has 3 N–H and O–H groups in total. The molecule has 0 aromatic heterocycles. The summed E-state index contributed by atoms with van der Waals surface area (Å²) in [6.07, 6.45) is 0. The molecule has 0 aliphatic heterocycles. The minimum absolute atomic E-state index is 0.126. The van der Waals surface area contributed by atoms with Crippen molar-refractivity contribution in [1.29, 1.82) is 0 Å². The van der Waals surface area contributed by atoms with E-state index in [1.54, 1.807) is 12.1 Å². The second kappa shape index (κ2) is 5.14. The van der Waals surface area contributed by atoms with Crippen LogP contribution in [0.2, 0.25) is 0 Å². The third kappa shape index (κ3) is 2.94. The van der Waals surface area contributed by atoms with Gasteiger partial charge in [-0.25, -0.2) is 0 Å². The van der Waals surface area contributed by atoms with Gasteiger partial charge in [-0.2, -0.15) is 0 Å². The zero-order chi connectivity index (χ0) is 14.0. The second-order valence-electron chi connectivity index (χ2n) is 4.85. The van der Waals surface area contributed by atoms with Crippen molar-refractivity contribution in [3.8, 4) is 0 Å². The first-order chi connectivity index (χ1) is 8.97. The largest absolute Gasteiger partial charge is 0.399 e. The van der Waals surface area contributed by atoms with Crippen LogP contribution in [0.25, 0.3) is 0 Å². The fourth-order valence-electron chi connectivity index (χ4n) is 1.94. The Bertz CT molecular complexity index is 633. The van der Waals surface area contributed by atoms with Crippen LogP contribution in [0, 0.1) is 20.8 Å². The van der Waals surface area contributed by atoms with Crippen LogP contribution in [-0.2, 0) is 0 Å². The van der Waals surface area contributed by atoms with Gasteiger partial charge in [-0.1, -0.05) is 18.2 Å². The van der Waals surface area contributed by atoms with E-state index in [1.165, 1.54) is 0 Å². The SMILES string of the molecule is Cc1ccc(C)c(NC(=O)c2cc(N)ccc2C)c1. The van der Waals surface area contributed by atoms with Gasteiger partial charge in [0.1, 0.15) is 0 Å². The molecule has 0 bridgehead atoms. The van der Waals surface area contributed by atoms with E-state index in [9.17, 15) is 4.79 Å². The van der Waals surface area contributed by atoms with Crippen molar-refractivity contribution in [3.63, 3.8) is 0 Å². The number of carbonyl (C=O) groups is 1. The standard InChI is InChI=1S/C16H18N2O/c1-10-4-5-12(3)15(8-10)18-16(19)14-9-13(17)7-6-11(14)2/h4-9H,17H2,1-3H3,(H,18,19). The molecule has 98 valence electrons. The fourth-order valence-corrected chi connectivity index (χ4v) is 1.94. The molecule has 0 heterocycles. The summed E-state index contributed by atoms with van der Waals surface area (Å²) in [6.45, 7) is 5.87. The van der Waals surface area contributed by atoms with Gasteiger partial charge in [-0.3, -0.25) is 4.79 Å². The van der Waals surface area contributed by atoms with Crippen molar-refractivity contribution in [2.75, 3.05) is 11.1 Å². The Morgan fingerprint density at radius 3 is 2.42 bits per heavy atom. The zero-order valence-electron chi connectivity index (χ0n) is 11.4. The highest BCUT2D eigenvalue weighted by molar-refractivity contribution is 6.06. The van der Waals surface area contributed by atoms with Crippen molar-refractivity contribution >= 4 is 17.3 Å². The van der Waals surface area contributed by atoms with E-state index in [4.69, 9.17) is 5.73 Å². The van der Waals surface area contributed by atoms with Gasteiger partial charge in [0, 0.05) is 16.9 Å². The summed E-state index contributed by atoms with van der Waals surface area (Å²) in [4.78, 5) is 12.3. The molecule has 3 heteroatoms. The predicted molar refractivity (Wildman–Crippen MR) is 79.5 cm³/mol. The van der Waals surface area contributed by atoms with E-state index in [-0.39, 0.29) is 5.91 Å². The Morgan fingerprint density at radius 2 is 1.68 bits per heavy atom. The summed E-state index contributed by atoms with van der Waals surface area (Å²) in [7, 11) is 0. The number of anilines is 2. The van der Waals surface area contributed by atoms with Crippen LogP contribution in [-0.4, -0.2) is 5.91 Å². The first-order valence-corrected chi connectivity index (χ1v) is 6.22. The fraction of sp³-hybridized carbons (Fsp3) is 0.188. The summed E-state index contributed by atoms with van der Waals surface area (Å²) < 4.78 is 0. The lowest BCUT2D eigenvalue weighted by molar-refractivity contribution is 0.102. The molecule has 0 aliphatic carbocycles. The van der Waals surface area contributed by atoms with E-state index < -0.39 is 0 Å². The van der Waals surface area contributed by atoms with E-state index in [0.29, 0.717) is 11.3 Å². The Balaban J connectivity index is 2.30. The lowest BCUT2D eigenvalue weighted by Crippen LogP contribution is -2.14. The summed E-state index contributed by atoms with van der Waals surface area (Å²) in [6, 6.07) is 11.3. The minimum Gasteiger partial charge on any atom is -0.399 e. The van der Waals surface area contributed by atoms with Crippen molar-refractivity contribution in [2.45, 2.75) is 20.8 Å². The number of nitrogens with two attached hydrogens (primary N) is 1. The zero-order valence-corrected chi connectivity index (χ0v) is 11.4. The number of carbonyl (C=O) groups excluding carboxylic acids is 1. The molecule has 19 heavy (non-hydrogen) atoms. The van der Waals surface area contributed by atoms with Crippen LogP contribution in [0.4, 0.5) is 11.4 Å². The van der Waals surface area contributed by atoms with Crippen molar-refractivity contribution in [1.82, 2.24) is 0 Å². The molecule has 3 nitrogen and oxygen atoms in total. The molecule has 2 aromatic carbocycles. The summed E-state index contributed by atoms with van der Waals surface area (Å²) >= 11 is 0. The first kappa shape index (κ1) is 13.1. The Kier molecular flexibility index (Phi) is 3.56. The van der Waals surface area contributed by atoms with E-state index in [0.717, 1.165) is 22.4 Å². The molecule has 0 unspecified atom stereocenters. The van der Waals surface area contributed by atoms with Crippen molar-refractivity contribution in [3.05, 3.63) is 58.7 Å². The molecule has 0 fully saturated rings. The number of rotatable bonds is 2. The Hall–Kier alpha value is -2.29. The maximum atomic E-state index is 12.3. The molecule has 1 amide bonds. The van der Waals surface area contributed by atoms with Gasteiger partial charge >= 0.3 is 0 Å². The number of benzene rings is 2. The minimum atomic E-state index is -0.126. The smallest absolute Gasteiger partial charge is 0.256 e. The van der Waals surface area contributed by atoms with E-state index in [2.05, 4.69) is 5.32 Å². The van der Waals surface area contributed by atoms with Gasteiger partial charge in [-0.15, -0.1) is 0 Å². The number of hydrogen-bond acceptors (Lipinski definition) is 2. The number of aryl methyl sites for hydroxylation is 3. The number of nitrogen functional groups attached to an aromatic ring is 1. The Labute approximate surface area is 113 Å². The molecule has 0 saturated carbocycles. The monoisotopic (exact) mass is 254 g/mol.